The fourth-order valence-corrected chi connectivity index (χ4v) is 2.46. The van der Waals surface area contributed by atoms with E-state index in [0.717, 1.165) is 21.9 Å². The number of oxazole rings is 1. The second-order valence-electron chi connectivity index (χ2n) is 4.38. The summed E-state index contributed by atoms with van der Waals surface area (Å²) in [6.07, 6.45) is 0. The molecule has 0 spiro atoms. The fourth-order valence-electron chi connectivity index (χ4n) is 1.81. The van der Waals surface area contributed by atoms with Crippen molar-refractivity contribution in [3.05, 3.63) is 41.3 Å². The highest BCUT2D eigenvalue weighted by Crippen LogP contribution is 2.29. The molecule has 0 fully saturated rings. The average molecular weight is 243 g/mol. The summed E-state index contributed by atoms with van der Waals surface area (Å²) in [5, 5.41) is 2.03. The molecular formula is C14H13NOS. The van der Waals surface area contributed by atoms with Crippen LogP contribution in [0.4, 0.5) is 0 Å². The summed E-state index contributed by atoms with van der Waals surface area (Å²) in [5.74, 6) is 1.23. The van der Waals surface area contributed by atoms with E-state index in [2.05, 4.69) is 31.0 Å². The Morgan fingerprint density at radius 1 is 1.24 bits per heavy atom. The van der Waals surface area contributed by atoms with Crippen LogP contribution >= 0.6 is 11.3 Å². The molecule has 0 atom stereocenters. The molecule has 0 radical (unpaired) electrons. The molecule has 0 bridgehead atoms. The number of benzene rings is 1. The zero-order valence-electron chi connectivity index (χ0n) is 9.81. The lowest BCUT2D eigenvalue weighted by Gasteiger charge is -2.02. The second-order valence-corrected chi connectivity index (χ2v) is 5.33. The SMILES string of the molecule is CC(C)c1ccc2oc(-c3cccs3)nc2c1. The van der Waals surface area contributed by atoms with Crippen LogP contribution in [0.3, 0.4) is 0 Å². The van der Waals surface area contributed by atoms with Crippen molar-refractivity contribution >= 4 is 22.4 Å². The number of nitrogens with zero attached hydrogens (tertiary/aromatic N) is 1. The fraction of sp³-hybridized carbons (Fsp3) is 0.214. The van der Waals surface area contributed by atoms with Crippen molar-refractivity contribution in [2.75, 3.05) is 0 Å². The molecule has 0 aliphatic carbocycles. The molecule has 3 aromatic rings. The van der Waals surface area contributed by atoms with E-state index < -0.39 is 0 Å². The third-order valence-electron chi connectivity index (χ3n) is 2.81. The van der Waals surface area contributed by atoms with Crippen LogP contribution in [0.2, 0.25) is 0 Å². The van der Waals surface area contributed by atoms with Gasteiger partial charge in [0.1, 0.15) is 5.52 Å². The summed E-state index contributed by atoms with van der Waals surface area (Å²) in [5.41, 5.74) is 3.10. The zero-order valence-corrected chi connectivity index (χ0v) is 10.6. The van der Waals surface area contributed by atoms with E-state index in [-0.39, 0.29) is 0 Å². The number of hydrogen-bond acceptors (Lipinski definition) is 3. The second kappa shape index (κ2) is 4.00. The minimum absolute atomic E-state index is 0.515. The van der Waals surface area contributed by atoms with Crippen molar-refractivity contribution in [1.82, 2.24) is 4.98 Å². The van der Waals surface area contributed by atoms with Crippen LogP contribution in [0.15, 0.2) is 40.1 Å². The van der Waals surface area contributed by atoms with Gasteiger partial charge in [0.15, 0.2) is 5.58 Å². The quantitative estimate of drug-likeness (QED) is 0.653. The molecule has 17 heavy (non-hydrogen) atoms. The molecule has 0 aliphatic heterocycles. The first kappa shape index (κ1) is 10.5. The van der Waals surface area contributed by atoms with Crippen molar-refractivity contribution in [2.45, 2.75) is 19.8 Å². The van der Waals surface area contributed by atoms with Crippen molar-refractivity contribution in [2.24, 2.45) is 0 Å². The van der Waals surface area contributed by atoms with Crippen molar-refractivity contribution in [3.8, 4) is 10.8 Å². The zero-order chi connectivity index (χ0) is 11.8. The Hall–Kier alpha value is -1.61. The van der Waals surface area contributed by atoms with Gasteiger partial charge in [-0.25, -0.2) is 4.98 Å². The van der Waals surface area contributed by atoms with E-state index in [0.29, 0.717) is 5.92 Å². The van der Waals surface area contributed by atoms with Gasteiger partial charge in [-0.2, -0.15) is 0 Å². The Kier molecular flexibility index (Phi) is 2.48. The lowest BCUT2D eigenvalue weighted by atomic mass is 10.0. The lowest BCUT2D eigenvalue weighted by molar-refractivity contribution is 0.621. The number of thiophene rings is 1. The molecule has 2 heterocycles. The van der Waals surface area contributed by atoms with Crippen LogP contribution in [0.25, 0.3) is 21.9 Å². The molecule has 86 valence electrons. The van der Waals surface area contributed by atoms with E-state index in [1.807, 2.05) is 23.6 Å². The van der Waals surface area contributed by atoms with E-state index in [9.17, 15) is 0 Å². The monoisotopic (exact) mass is 243 g/mol. The smallest absolute Gasteiger partial charge is 0.237 e. The Bertz CT molecular complexity index is 637. The molecule has 0 unspecified atom stereocenters. The largest absolute Gasteiger partial charge is 0.435 e. The Labute approximate surface area is 104 Å². The van der Waals surface area contributed by atoms with Crippen LogP contribution in [0.1, 0.15) is 25.3 Å². The van der Waals surface area contributed by atoms with Crippen molar-refractivity contribution in [1.29, 1.82) is 0 Å². The minimum atomic E-state index is 0.515. The molecule has 0 saturated heterocycles. The molecule has 3 rings (SSSR count). The Balaban J connectivity index is 2.13. The van der Waals surface area contributed by atoms with Gasteiger partial charge >= 0.3 is 0 Å². The highest BCUT2D eigenvalue weighted by atomic mass is 32.1. The summed E-state index contributed by atoms with van der Waals surface area (Å²) < 4.78 is 5.75. The molecule has 0 aliphatic rings. The van der Waals surface area contributed by atoms with E-state index >= 15 is 0 Å². The highest BCUT2D eigenvalue weighted by Gasteiger charge is 2.10. The molecule has 2 aromatic heterocycles. The van der Waals surface area contributed by atoms with Crippen LogP contribution < -0.4 is 0 Å². The van der Waals surface area contributed by atoms with E-state index in [4.69, 9.17) is 4.42 Å². The summed E-state index contributed by atoms with van der Waals surface area (Å²) in [7, 11) is 0. The van der Waals surface area contributed by atoms with Crippen LogP contribution in [-0.2, 0) is 0 Å². The molecule has 0 amide bonds. The number of rotatable bonds is 2. The topological polar surface area (TPSA) is 26.0 Å². The van der Waals surface area contributed by atoms with Gasteiger partial charge < -0.3 is 4.42 Å². The van der Waals surface area contributed by atoms with Crippen LogP contribution in [-0.4, -0.2) is 4.98 Å². The predicted octanol–water partition coefficient (Wildman–Crippen LogP) is 4.68. The lowest BCUT2D eigenvalue weighted by Crippen LogP contribution is -1.85. The molecule has 2 nitrogen and oxygen atoms in total. The number of aromatic nitrogens is 1. The van der Waals surface area contributed by atoms with Gasteiger partial charge in [0, 0.05) is 0 Å². The summed E-state index contributed by atoms with van der Waals surface area (Å²) in [6.45, 7) is 4.36. The third-order valence-corrected chi connectivity index (χ3v) is 3.67. The first-order chi connectivity index (χ1) is 8.24. The van der Waals surface area contributed by atoms with Crippen LogP contribution in [0, 0.1) is 0 Å². The van der Waals surface area contributed by atoms with Gasteiger partial charge in [-0.3, -0.25) is 0 Å². The van der Waals surface area contributed by atoms with Crippen LogP contribution in [0.5, 0.6) is 0 Å². The summed E-state index contributed by atoms with van der Waals surface area (Å²) in [6, 6.07) is 10.3. The molecule has 1 aromatic carbocycles. The summed E-state index contributed by atoms with van der Waals surface area (Å²) >= 11 is 1.65. The Morgan fingerprint density at radius 3 is 2.82 bits per heavy atom. The van der Waals surface area contributed by atoms with Gasteiger partial charge in [-0.05, 0) is 35.1 Å². The van der Waals surface area contributed by atoms with Crippen molar-refractivity contribution < 1.29 is 4.42 Å². The Morgan fingerprint density at radius 2 is 2.12 bits per heavy atom. The van der Waals surface area contributed by atoms with Crippen molar-refractivity contribution in [3.63, 3.8) is 0 Å². The van der Waals surface area contributed by atoms with Gasteiger partial charge in [-0.1, -0.05) is 26.0 Å². The van der Waals surface area contributed by atoms with E-state index in [1.165, 1.54) is 5.56 Å². The number of fused-ring (bicyclic) bond motifs is 1. The minimum Gasteiger partial charge on any atom is -0.435 e. The average Bonchev–Trinajstić information content (AvgIpc) is 2.96. The predicted molar refractivity (Wildman–Crippen MR) is 71.4 cm³/mol. The molecule has 0 N–H and O–H groups in total. The van der Waals surface area contributed by atoms with Gasteiger partial charge in [-0.15, -0.1) is 11.3 Å². The first-order valence-corrected chi connectivity index (χ1v) is 6.56. The molecule has 0 saturated carbocycles. The van der Waals surface area contributed by atoms with Gasteiger partial charge in [0.05, 0.1) is 4.88 Å². The first-order valence-electron chi connectivity index (χ1n) is 5.68. The highest BCUT2D eigenvalue weighted by molar-refractivity contribution is 7.13. The summed E-state index contributed by atoms with van der Waals surface area (Å²) in [4.78, 5) is 5.62. The number of hydrogen-bond donors (Lipinski definition) is 0. The maximum atomic E-state index is 5.75. The normalized spacial score (nSPS) is 11.5. The maximum Gasteiger partial charge on any atom is 0.237 e. The third kappa shape index (κ3) is 1.87. The standard InChI is InChI=1S/C14H13NOS/c1-9(2)10-5-6-12-11(8-10)15-14(16-12)13-4-3-7-17-13/h3-9H,1-2H3. The molecular weight excluding hydrogens is 230 g/mol. The van der Waals surface area contributed by atoms with Gasteiger partial charge in [0.25, 0.3) is 0 Å². The maximum absolute atomic E-state index is 5.75. The van der Waals surface area contributed by atoms with E-state index in [1.54, 1.807) is 11.3 Å². The molecule has 3 heteroatoms. The van der Waals surface area contributed by atoms with Gasteiger partial charge in [0.2, 0.25) is 5.89 Å².